The molecule has 0 N–H and O–H groups in total. The molecule has 2 nitrogen and oxygen atoms in total. The van der Waals surface area contributed by atoms with Crippen molar-refractivity contribution in [3.63, 3.8) is 0 Å². The van der Waals surface area contributed by atoms with Gasteiger partial charge in [-0.05, 0) is 30.0 Å². The molecule has 86 valence electrons. The lowest BCUT2D eigenvalue weighted by Crippen LogP contribution is -2.10. The smallest absolute Gasteiger partial charge is 0.137 e. The van der Waals surface area contributed by atoms with Gasteiger partial charge in [-0.1, -0.05) is 23.7 Å². The molecule has 1 atom stereocenters. The van der Waals surface area contributed by atoms with Gasteiger partial charge in [0.25, 0.3) is 0 Å². The van der Waals surface area contributed by atoms with Crippen LogP contribution < -0.4 is 0 Å². The van der Waals surface area contributed by atoms with Crippen molar-refractivity contribution in [1.82, 2.24) is 0 Å². The number of ketones is 1. The first-order valence-corrected chi connectivity index (χ1v) is 5.96. The maximum absolute atomic E-state index is 11.8. The lowest BCUT2D eigenvalue weighted by molar-refractivity contribution is -0.119. The van der Waals surface area contributed by atoms with Gasteiger partial charge < -0.3 is 4.74 Å². The van der Waals surface area contributed by atoms with Crippen LogP contribution in [0.2, 0.25) is 5.02 Å². The van der Waals surface area contributed by atoms with Crippen LogP contribution in [0.3, 0.4) is 0 Å². The van der Waals surface area contributed by atoms with Gasteiger partial charge in [0.2, 0.25) is 0 Å². The van der Waals surface area contributed by atoms with Gasteiger partial charge in [0.1, 0.15) is 5.78 Å². The molecule has 1 saturated heterocycles. The van der Waals surface area contributed by atoms with Crippen LogP contribution in [0.5, 0.6) is 0 Å². The summed E-state index contributed by atoms with van der Waals surface area (Å²) in [5.41, 5.74) is 0.997. The third-order valence-corrected chi connectivity index (χ3v) is 3.07. The highest BCUT2D eigenvalue weighted by Crippen LogP contribution is 2.18. The first kappa shape index (κ1) is 11.6. The fraction of sp³-hybridized carbons (Fsp3) is 0.462. The second-order valence-electron chi connectivity index (χ2n) is 4.28. The second-order valence-corrected chi connectivity index (χ2v) is 4.72. The Morgan fingerprint density at radius 2 is 2.38 bits per heavy atom. The number of carbonyl (C=O) groups is 1. The lowest BCUT2D eigenvalue weighted by Gasteiger charge is -2.06. The molecule has 1 aliphatic heterocycles. The molecular weight excluding hydrogens is 224 g/mol. The summed E-state index contributed by atoms with van der Waals surface area (Å²) in [5.74, 6) is 0.699. The molecule has 1 unspecified atom stereocenters. The normalized spacial score (nSPS) is 19.9. The van der Waals surface area contributed by atoms with E-state index < -0.39 is 0 Å². The summed E-state index contributed by atoms with van der Waals surface area (Å²) >= 11 is 5.87. The van der Waals surface area contributed by atoms with Crippen LogP contribution in [0, 0.1) is 5.92 Å². The van der Waals surface area contributed by atoms with E-state index in [0.29, 0.717) is 23.8 Å². The maximum Gasteiger partial charge on any atom is 0.137 e. The summed E-state index contributed by atoms with van der Waals surface area (Å²) in [4.78, 5) is 11.8. The zero-order valence-corrected chi connectivity index (χ0v) is 9.87. The largest absolute Gasteiger partial charge is 0.381 e. The molecular formula is C13H15ClO2. The zero-order valence-electron chi connectivity index (χ0n) is 9.12. The standard InChI is InChI=1S/C13H15ClO2/c14-12-3-1-2-10(6-12)7-13(15)8-11-4-5-16-9-11/h1-3,6,11H,4-5,7-9H2. The molecule has 1 heterocycles. The molecule has 3 heteroatoms. The molecule has 0 aliphatic carbocycles. The molecule has 0 spiro atoms. The van der Waals surface area contributed by atoms with Crippen molar-refractivity contribution in [3.05, 3.63) is 34.9 Å². The molecule has 0 saturated carbocycles. The number of rotatable bonds is 4. The summed E-state index contributed by atoms with van der Waals surface area (Å²) < 4.78 is 5.25. The predicted molar refractivity (Wildman–Crippen MR) is 63.7 cm³/mol. The minimum atomic E-state index is 0.276. The van der Waals surface area contributed by atoms with E-state index in [9.17, 15) is 4.79 Å². The predicted octanol–water partition coefficient (Wildman–Crippen LogP) is 2.88. The fourth-order valence-electron chi connectivity index (χ4n) is 2.01. The van der Waals surface area contributed by atoms with Crippen LogP contribution in [0.25, 0.3) is 0 Å². The highest BCUT2D eigenvalue weighted by Gasteiger charge is 2.18. The minimum absolute atomic E-state index is 0.276. The van der Waals surface area contributed by atoms with Crippen molar-refractivity contribution in [3.8, 4) is 0 Å². The third kappa shape index (κ3) is 3.32. The molecule has 16 heavy (non-hydrogen) atoms. The average molecular weight is 239 g/mol. The van der Waals surface area contributed by atoms with Gasteiger partial charge in [-0.15, -0.1) is 0 Å². The number of Topliss-reactive ketones (excluding diaryl/α,β-unsaturated/α-hetero) is 1. The quantitative estimate of drug-likeness (QED) is 0.806. The van der Waals surface area contributed by atoms with Gasteiger partial charge in [-0.25, -0.2) is 0 Å². The molecule has 0 bridgehead atoms. The summed E-state index contributed by atoms with van der Waals surface area (Å²) in [6, 6.07) is 7.49. The van der Waals surface area contributed by atoms with E-state index in [1.807, 2.05) is 24.3 Å². The summed E-state index contributed by atoms with van der Waals surface area (Å²) in [5, 5.41) is 0.689. The Morgan fingerprint density at radius 1 is 1.50 bits per heavy atom. The Balaban J connectivity index is 1.86. The maximum atomic E-state index is 11.8. The van der Waals surface area contributed by atoms with Crippen molar-refractivity contribution in [2.24, 2.45) is 5.92 Å². The molecule has 1 aromatic rings. The van der Waals surface area contributed by atoms with Crippen LogP contribution in [-0.4, -0.2) is 19.0 Å². The SMILES string of the molecule is O=C(Cc1cccc(Cl)c1)CC1CCOC1. The molecule has 2 rings (SSSR count). The van der Waals surface area contributed by atoms with E-state index >= 15 is 0 Å². The number of hydrogen-bond acceptors (Lipinski definition) is 2. The van der Waals surface area contributed by atoms with Gasteiger partial charge in [0.05, 0.1) is 0 Å². The molecule has 1 aliphatic rings. The van der Waals surface area contributed by atoms with Gasteiger partial charge in [-0.3, -0.25) is 4.79 Å². The summed E-state index contributed by atoms with van der Waals surface area (Å²) in [6.07, 6.45) is 2.13. The van der Waals surface area contributed by atoms with Gasteiger partial charge in [0, 0.05) is 31.1 Å². The zero-order chi connectivity index (χ0) is 11.4. The number of carbonyl (C=O) groups excluding carboxylic acids is 1. The second kappa shape index (κ2) is 5.46. The van der Waals surface area contributed by atoms with Gasteiger partial charge >= 0.3 is 0 Å². The van der Waals surface area contributed by atoms with Crippen molar-refractivity contribution < 1.29 is 9.53 Å². The number of benzene rings is 1. The van der Waals surface area contributed by atoms with E-state index in [0.717, 1.165) is 25.2 Å². The third-order valence-electron chi connectivity index (χ3n) is 2.83. The Kier molecular flexibility index (Phi) is 3.97. The van der Waals surface area contributed by atoms with Crippen molar-refractivity contribution in [1.29, 1.82) is 0 Å². The average Bonchev–Trinajstić information content (AvgIpc) is 2.70. The van der Waals surface area contributed by atoms with E-state index in [4.69, 9.17) is 16.3 Å². The van der Waals surface area contributed by atoms with E-state index in [1.54, 1.807) is 0 Å². The van der Waals surface area contributed by atoms with E-state index in [2.05, 4.69) is 0 Å². The monoisotopic (exact) mass is 238 g/mol. The Hall–Kier alpha value is -0.860. The first-order valence-electron chi connectivity index (χ1n) is 5.58. The van der Waals surface area contributed by atoms with Crippen molar-refractivity contribution in [2.45, 2.75) is 19.3 Å². The topological polar surface area (TPSA) is 26.3 Å². The van der Waals surface area contributed by atoms with Crippen molar-refractivity contribution in [2.75, 3.05) is 13.2 Å². The number of hydrogen-bond donors (Lipinski definition) is 0. The molecule has 0 amide bonds. The molecule has 0 radical (unpaired) electrons. The Labute approximate surface area is 101 Å². The van der Waals surface area contributed by atoms with E-state index in [1.165, 1.54) is 0 Å². The highest BCUT2D eigenvalue weighted by molar-refractivity contribution is 6.30. The van der Waals surface area contributed by atoms with E-state index in [-0.39, 0.29) is 5.78 Å². The lowest BCUT2D eigenvalue weighted by atomic mass is 9.98. The summed E-state index contributed by atoms with van der Waals surface area (Å²) in [7, 11) is 0. The number of halogens is 1. The van der Waals surface area contributed by atoms with Gasteiger partial charge in [0.15, 0.2) is 0 Å². The summed E-state index contributed by atoms with van der Waals surface area (Å²) in [6.45, 7) is 1.54. The van der Waals surface area contributed by atoms with Gasteiger partial charge in [-0.2, -0.15) is 0 Å². The van der Waals surface area contributed by atoms with Crippen LogP contribution in [0.15, 0.2) is 24.3 Å². The number of ether oxygens (including phenoxy) is 1. The molecule has 0 aromatic heterocycles. The Bertz CT molecular complexity index is 370. The van der Waals surface area contributed by atoms with Crippen molar-refractivity contribution >= 4 is 17.4 Å². The van der Waals surface area contributed by atoms with Crippen LogP contribution in [-0.2, 0) is 16.0 Å². The molecule has 1 fully saturated rings. The Morgan fingerprint density at radius 3 is 3.06 bits per heavy atom. The van der Waals surface area contributed by atoms with Crippen LogP contribution in [0.1, 0.15) is 18.4 Å². The minimum Gasteiger partial charge on any atom is -0.381 e. The van der Waals surface area contributed by atoms with Crippen LogP contribution >= 0.6 is 11.6 Å². The van der Waals surface area contributed by atoms with Crippen LogP contribution in [0.4, 0.5) is 0 Å². The molecule has 1 aromatic carbocycles. The highest BCUT2D eigenvalue weighted by atomic mass is 35.5. The fourth-order valence-corrected chi connectivity index (χ4v) is 2.23. The first-order chi connectivity index (χ1) is 7.74.